The minimum absolute atomic E-state index is 0.0122. The van der Waals surface area contributed by atoms with E-state index in [1.54, 1.807) is 4.90 Å². The molecule has 1 aromatic carbocycles. The van der Waals surface area contributed by atoms with Gasteiger partial charge in [0.15, 0.2) is 10.0 Å². The lowest BCUT2D eigenvalue weighted by molar-refractivity contribution is -0.137. The van der Waals surface area contributed by atoms with Crippen molar-refractivity contribution in [2.75, 3.05) is 31.3 Å². The molecular weight excluding hydrogens is 455 g/mol. The van der Waals surface area contributed by atoms with Crippen molar-refractivity contribution in [2.24, 2.45) is 0 Å². The number of aromatic carboxylic acids is 1. The number of hydrogen-bond donors (Lipinski definition) is 2. The van der Waals surface area contributed by atoms with Crippen molar-refractivity contribution in [3.8, 4) is 5.75 Å². The van der Waals surface area contributed by atoms with E-state index in [1.165, 1.54) is 41.7 Å². The third-order valence-corrected chi connectivity index (χ3v) is 6.77. The van der Waals surface area contributed by atoms with E-state index in [4.69, 9.17) is 9.84 Å². The van der Waals surface area contributed by atoms with Crippen molar-refractivity contribution < 1.29 is 32.6 Å². The van der Waals surface area contributed by atoms with Gasteiger partial charge in [0.25, 0.3) is 0 Å². The summed E-state index contributed by atoms with van der Waals surface area (Å²) >= 11 is 2.59. The predicted molar refractivity (Wildman–Crippen MR) is 111 cm³/mol. The minimum Gasteiger partial charge on any atom is -0.495 e. The number of methoxy groups -OCH3 is 1. The van der Waals surface area contributed by atoms with E-state index in [2.05, 4.69) is 10.3 Å². The molecule has 1 atom stereocenters. The monoisotopic (exact) mass is 475 g/mol. The highest BCUT2D eigenvalue weighted by Gasteiger charge is 2.33. The first-order valence-corrected chi connectivity index (χ1v) is 11.2. The Balaban J connectivity index is 1.59. The number of rotatable bonds is 9. The van der Waals surface area contributed by atoms with Gasteiger partial charge in [-0.05, 0) is 24.6 Å². The molecule has 1 aliphatic rings. The van der Waals surface area contributed by atoms with E-state index in [0.29, 0.717) is 29.5 Å². The number of alkyl halides is 3. The normalized spacial score (nSPS) is 16.6. The number of thioether (sulfide) groups is 1. The van der Waals surface area contributed by atoms with Gasteiger partial charge >= 0.3 is 12.1 Å². The summed E-state index contributed by atoms with van der Waals surface area (Å²) in [6.45, 7) is 0.714. The molecule has 0 aliphatic carbocycles. The number of halogens is 3. The summed E-state index contributed by atoms with van der Waals surface area (Å²) in [6, 6.07) is 3.05. The van der Waals surface area contributed by atoms with Gasteiger partial charge in [-0.25, -0.2) is 9.78 Å². The molecule has 0 radical (unpaired) electrons. The van der Waals surface area contributed by atoms with Crippen LogP contribution in [0.15, 0.2) is 27.9 Å². The standard InChI is InChI=1S/C19H20F3N3O4S2/c1-29-15-4-2-11(19(20,21)22)8-13(15)23-9-12-3-5-16(26)25(12)6-7-30-18-24-14(10-31-18)17(27)28/h2,4,8,10,12,23H,3,5-7,9H2,1H3,(H,27,28)/t12-/m1/s1. The number of carboxylic acids is 1. The molecule has 2 N–H and O–H groups in total. The molecular formula is C19H20F3N3O4S2. The number of nitrogens with one attached hydrogen (secondary N) is 1. The second-order valence-corrected chi connectivity index (χ2v) is 8.93. The molecule has 1 saturated heterocycles. The number of ether oxygens (including phenoxy) is 1. The van der Waals surface area contributed by atoms with Crippen molar-refractivity contribution in [2.45, 2.75) is 29.4 Å². The Hall–Kier alpha value is -2.47. The molecule has 2 aromatic rings. The number of aromatic nitrogens is 1. The Morgan fingerprint density at radius 2 is 2.23 bits per heavy atom. The summed E-state index contributed by atoms with van der Waals surface area (Å²) in [6.07, 6.45) is -3.50. The lowest BCUT2D eigenvalue weighted by Gasteiger charge is -2.25. The molecule has 3 rings (SSSR count). The van der Waals surface area contributed by atoms with Crippen LogP contribution in [0, 0.1) is 0 Å². The maximum atomic E-state index is 13.0. The van der Waals surface area contributed by atoms with Crippen molar-refractivity contribution in [3.63, 3.8) is 0 Å². The first-order valence-electron chi connectivity index (χ1n) is 9.29. The molecule has 1 fully saturated rings. The van der Waals surface area contributed by atoms with Crippen molar-refractivity contribution >= 4 is 40.7 Å². The van der Waals surface area contributed by atoms with Gasteiger partial charge in [-0.3, -0.25) is 4.79 Å². The van der Waals surface area contributed by atoms with Crippen LogP contribution < -0.4 is 10.1 Å². The van der Waals surface area contributed by atoms with Gasteiger partial charge in [0.1, 0.15) is 5.75 Å². The third kappa shape index (κ3) is 5.82. The molecule has 168 valence electrons. The van der Waals surface area contributed by atoms with Crippen LogP contribution in [0.3, 0.4) is 0 Å². The second kappa shape index (κ2) is 9.77. The van der Waals surface area contributed by atoms with Crippen LogP contribution in [0.4, 0.5) is 18.9 Å². The molecule has 0 bridgehead atoms. The van der Waals surface area contributed by atoms with Crippen molar-refractivity contribution in [3.05, 3.63) is 34.8 Å². The first-order chi connectivity index (χ1) is 14.7. The van der Waals surface area contributed by atoms with Crippen LogP contribution in [-0.4, -0.2) is 58.9 Å². The number of benzene rings is 1. The highest BCUT2D eigenvalue weighted by Crippen LogP contribution is 2.35. The maximum absolute atomic E-state index is 13.0. The quantitative estimate of drug-likeness (QED) is 0.529. The van der Waals surface area contributed by atoms with Gasteiger partial charge in [0.2, 0.25) is 5.91 Å². The molecule has 1 aromatic heterocycles. The largest absolute Gasteiger partial charge is 0.495 e. The van der Waals surface area contributed by atoms with E-state index >= 15 is 0 Å². The van der Waals surface area contributed by atoms with E-state index in [1.807, 2.05) is 0 Å². The maximum Gasteiger partial charge on any atom is 0.416 e. The summed E-state index contributed by atoms with van der Waals surface area (Å²) in [4.78, 5) is 28.9. The van der Waals surface area contributed by atoms with E-state index < -0.39 is 17.7 Å². The molecule has 0 spiro atoms. The zero-order valence-corrected chi connectivity index (χ0v) is 18.1. The number of carboxylic acid groups (broad SMARTS) is 1. The van der Waals surface area contributed by atoms with E-state index in [0.717, 1.165) is 12.1 Å². The molecule has 2 heterocycles. The smallest absolute Gasteiger partial charge is 0.416 e. The molecule has 0 saturated carbocycles. The number of nitrogens with zero attached hydrogens (tertiary/aromatic N) is 2. The van der Waals surface area contributed by atoms with Crippen LogP contribution in [0.25, 0.3) is 0 Å². The lowest BCUT2D eigenvalue weighted by Crippen LogP contribution is -2.39. The number of carbonyl (C=O) groups excluding carboxylic acids is 1. The number of carbonyl (C=O) groups is 2. The fraction of sp³-hybridized carbons (Fsp3) is 0.421. The average Bonchev–Trinajstić information content (AvgIpc) is 3.33. The number of anilines is 1. The van der Waals surface area contributed by atoms with Crippen LogP contribution >= 0.6 is 23.1 Å². The van der Waals surface area contributed by atoms with Gasteiger partial charge in [0.05, 0.1) is 18.4 Å². The first kappa shape index (κ1) is 23.2. The molecule has 1 amide bonds. The summed E-state index contributed by atoms with van der Waals surface area (Å²) in [5, 5.41) is 13.4. The third-order valence-electron chi connectivity index (χ3n) is 4.77. The number of thiazole rings is 1. The summed E-state index contributed by atoms with van der Waals surface area (Å²) < 4.78 is 44.8. The second-order valence-electron chi connectivity index (χ2n) is 6.73. The topological polar surface area (TPSA) is 91.8 Å². The van der Waals surface area contributed by atoms with E-state index in [9.17, 15) is 22.8 Å². The fourth-order valence-corrected chi connectivity index (χ4v) is 5.03. The summed E-state index contributed by atoms with van der Waals surface area (Å²) in [5.74, 6) is -0.290. The van der Waals surface area contributed by atoms with Crippen molar-refractivity contribution in [1.82, 2.24) is 9.88 Å². The lowest BCUT2D eigenvalue weighted by atomic mass is 10.1. The Kier molecular flexibility index (Phi) is 7.31. The fourth-order valence-electron chi connectivity index (χ4n) is 3.22. The van der Waals surface area contributed by atoms with Gasteiger partial charge in [-0.2, -0.15) is 13.2 Å². The zero-order chi connectivity index (χ0) is 22.6. The molecule has 0 unspecified atom stereocenters. The van der Waals surface area contributed by atoms with Crippen LogP contribution in [-0.2, 0) is 11.0 Å². The Bertz CT molecular complexity index is 952. The average molecular weight is 476 g/mol. The Labute approximate surface area is 184 Å². The highest BCUT2D eigenvalue weighted by molar-refractivity contribution is 8.01. The number of hydrogen-bond acceptors (Lipinski definition) is 7. The van der Waals surface area contributed by atoms with E-state index in [-0.39, 0.29) is 35.6 Å². The Morgan fingerprint density at radius 1 is 1.45 bits per heavy atom. The van der Waals surface area contributed by atoms with Crippen LogP contribution in [0.5, 0.6) is 5.75 Å². The molecule has 1 aliphatic heterocycles. The molecule has 7 nitrogen and oxygen atoms in total. The van der Waals surface area contributed by atoms with Crippen molar-refractivity contribution in [1.29, 1.82) is 0 Å². The van der Waals surface area contributed by atoms with Gasteiger partial charge in [-0.15, -0.1) is 11.3 Å². The molecule has 31 heavy (non-hydrogen) atoms. The SMILES string of the molecule is COc1ccc(C(F)(F)F)cc1NC[C@H]1CCC(=O)N1CCSc1nc(C(=O)O)cs1. The van der Waals surface area contributed by atoms with Crippen LogP contribution in [0.2, 0.25) is 0 Å². The highest BCUT2D eigenvalue weighted by atomic mass is 32.2. The number of amides is 1. The molecule has 12 heteroatoms. The number of likely N-dealkylation sites (tertiary alicyclic amines) is 1. The zero-order valence-electron chi connectivity index (χ0n) is 16.4. The summed E-state index contributed by atoms with van der Waals surface area (Å²) in [5.41, 5.74) is -0.576. The predicted octanol–water partition coefficient (Wildman–Crippen LogP) is 4.06. The minimum atomic E-state index is -4.47. The van der Waals surface area contributed by atoms with Crippen LogP contribution in [0.1, 0.15) is 28.9 Å². The summed E-state index contributed by atoms with van der Waals surface area (Å²) in [7, 11) is 1.38. The van der Waals surface area contributed by atoms with Gasteiger partial charge < -0.3 is 20.1 Å². The van der Waals surface area contributed by atoms with Gasteiger partial charge in [-0.1, -0.05) is 11.8 Å². The van der Waals surface area contributed by atoms with Gasteiger partial charge in [0, 0.05) is 36.7 Å². The Morgan fingerprint density at radius 3 is 2.87 bits per heavy atom.